The van der Waals surface area contributed by atoms with Crippen LogP contribution in [0.2, 0.25) is 0 Å². The van der Waals surface area contributed by atoms with Crippen LogP contribution >= 0.6 is 0 Å². The van der Waals surface area contributed by atoms with Gasteiger partial charge in [0.1, 0.15) is 29.5 Å². The molecule has 12 nitrogen and oxygen atoms in total. The van der Waals surface area contributed by atoms with Gasteiger partial charge < -0.3 is 30.8 Å². The summed E-state index contributed by atoms with van der Waals surface area (Å²) in [7, 11) is 0. The first kappa shape index (κ1) is 30.8. The van der Waals surface area contributed by atoms with Crippen LogP contribution in [0.4, 0.5) is 29.5 Å². The molecule has 5 N–H and O–H groups in total. The number of alkyl halides is 2. The molecular formula is C33H28F3N7O5. The van der Waals surface area contributed by atoms with Gasteiger partial charge in [-0.3, -0.25) is 9.59 Å². The number of H-pyrrole nitrogens is 1. The van der Waals surface area contributed by atoms with Gasteiger partial charge in [-0.1, -0.05) is 12.1 Å². The van der Waals surface area contributed by atoms with E-state index in [2.05, 4.69) is 20.7 Å². The first-order chi connectivity index (χ1) is 23.0. The largest absolute Gasteiger partial charge is 0.485 e. The molecule has 0 aliphatic carbocycles. The molecule has 2 aromatic heterocycles. The first-order valence-electron chi connectivity index (χ1n) is 14.9. The molecular weight excluding hydrogens is 631 g/mol. The standard InChI is InChI=1S/C33H28F3N7O5/c1-17-10-19(48-26-5-3-2-4-21(26)34)6-7-24(17)43-30(37)20(14-39-43)29(44)23-11-18-12-27(47-15-28(35)36)25(13-22(18)40-23)42-31(45)33(41-32(42)46)8-9-38-16-33/h2-7,10-14,28,38,40H,8-9,15-16,37H2,1H3,(H,41,46). The molecule has 48 heavy (non-hydrogen) atoms. The monoisotopic (exact) mass is 659 g/mol. The Balaban J connectivity index is 1.19. The smallest absolute Gasteiger partial charge is 0.329 e. The number of nitrogens with one attached hydrogen (secondary N) is 3. The molecule has 1 spiro atoms. The molecule has 2 aliphatic heterocycles. The van der Waals surface area contributed by atoms with Gasteiger partial charge in [0.05, 0.1) is 28.8 Å². The summed E-state index contributed by atoms with van der Waals surface area (Å²) in [6, 6.07) is 14.6. The van der Waals surface area contributed by atoms with Crippen LogP contribution in [0.5, 0.6) is 17.2 Å². The summed E-state index contributed by atoms with van der Waals surface area (Å²) in [4.78, 5) is 44.0. The number of imide groups is 1. The molecule has 246 valence electrons. The SMILES string of the molecule is Cc1cc(Oc2ccccc2F)ccc1-n1ncc(C(=O)c2cc3cc(OCC(F)F)c(N4C(=O)NC5(CCNC5)C4=O)cc3[nH]2)c1N. The van der Waals surface area contributed by atoms with E-state index < -0.39 is 42.1 Å². The van der Waals surface area contributed by atoms with Crippen LogP contribution in [0.15, 0.2) is 66.9 Å². The number of ketones is 1. The van der Waals surface area contributed by atoms with Crippen molar-refractivity contribution in [2.45, 2.75) is 25.3 Å². The molecule has 7 rings (SSSR count). The average molecular weight is 660 g/mol. The van der Waals surface area contributed by atoms with Gasteiger partial charge in [0.15, 0.2) is 11.6 Å². The van der Waals surface area contributed by atoms with E-state index in [0.717, 1.165) is 4.90 Å². The maximum absolute atomic E-state index is 14.1. The third-order valence-electron chi connectivity index (χ3n) is 8.38. The number of amides is 3. The van der Waals surface area contributed by atoms with E-state index in [1.165, 1.54) is 41.2 Å². The molecule has 15 heteroatoms. The van der Waals surface area contributed by atoms with E-state index in [4.69, 9.17) is 15.2 Å². The molecule has 2 aliphatic rings. The first-order valence-corrected chi connectivity index (χ1v) is 14.9. The zero-order valence-electron chi connectivity index (χ0n) is 25.4. The molecule has 1 atom stereocenters. The maximum atomic E-state index is 14.1. The minimum atomic E-state index is -2.82. The summed E-state index contributed by atoms with van der Waals surface area (Å²) in [6.45, 7) is 1.55. The number of halogens is 3. The number of anilines is 2. The van der Waals surface area contributed by atoms with Crippen molar-refractivity contribution in [3.8, 4) is 22.9 Å². The minimum absolute atomic E-state index is 0.0412. The molecule has 2 saturated heterocycles. The number of nitrogens with zero attached hydrogens (tertiary/aromatic N) is 3. The third-order valence-corrected chi connectivity index (χ3v) is 8.38. The lowest BCUT2D eigenvalue weighted by Crippen LogP contribution is -2.48. The zero-order chi connectivity index (χ0) is 33.7. The van der Waals surface area contributed by atoms with Gasteiger partial charge in [0.2, 0.25) is 5.78 Å². The predicted octanol–water partition coefficient (Wildman–Crippen LogP) is 4.84. The van der Waals surface area contributed by atoms with E-state index in [0.29, 0.717) is 40.9 Å². The van der Waals surface area contributed by atoms with Crippen LogP contribution in [-0.2, 0) is 4.79 Å². The van der Waals surface area contributed by atoms with Crippen LogP contribution in [0, 0.1) is 12.7 Å². The van der Waals surface area contributed by atoms with Crippen molar-refractivity contribution in [3.05, 3.63) is 89.5 Å². The number of carbonyl (C=O) groups is 3. The number of urea groups is 1. The Bertz CT molecular complexity index is 2100. The fourth-order valence-electron chi connectivity index (χ4n) is 5.99. The second-order valence-corrected chi connectivity index (χ2v) is 11.5. The maximum Gasteiger partial charge on any atom is 0.329 e. The van der Waals surface area contributed by atoms with Gasteiger partial charge in [-0.25, -0.2) is 27.5 Å². The van der Waals surface area contributed by atoms with Crippen LogP contribution in [0.3, 0.4) is 0 Å². The average Bonchev–Trinajstić information content (AvgIpc) is 3.83. The molecule has 5 aromatic rings. The molecule has 3 amide bonds. The number of carbonyl (C=O) groups excluding carboxylic acids is 3. The van der Waals surface area contributed by atoms with Gasteiger partial charge in [-0.15, -0.1) is 0 Å². The number of aromatic nitrogens is 3. The lowest BCUT2D eigenvalue weighted by atomic mass is 9.99. The number of hydrogen-bond acceptors (Lipinski definition) is 8. The van der Waals surface area contributed by atoms with E-state index in [1.54, 1.807) is 37.3 Å². The Labute approximate surface area is 270 Å². The van der Waals surface area contributed by atoms with Crippen molar-refractivity contribution in [2.75, 3.05) is 30.3 Å². The Morgan fingerprint density at radius 3 is 2.62 bits per heavy atom. The summed E-state index contributed by atoms with van der Waals surface area (Å²) in [5.41, 5.74) is 6.96. The molecule has 0 saturated carbocycles. The summed E-state index contributed by atoms with van der Waals surface area (Å²) in [5, 5.41) is 10.5. The Morgan fingerprint density at radius 1 is 1.08 bits per heavy atom. The fourth-order valence-corrected chi connectivity index (χ4v) is 5.99. The lowest BCUT2D eigenvalue weighted by molar-refractivity contribution is -0.121. The third kappa shape index (κ3) is 5.27. The molecule has 0 radical (unpaired) electrons. The highest BCUT2D eigenvalue weighted by atomic mass is 19.3. The van der Waals surface area contributed by atoms with Crippen molar-refractivity contribution < 1.29 is 37.0 Å². The second kappa shape index (κ2) is 11.8. The highest BCUT2D eigenvalue weighted by Crippen LogP contribution is 2.39. The number of fused-ring (bicyclic) bond motifs is 1. The minimum Gasteiger partial charge on any atom is -0.485 e. The quantitative estimate of drug-likeness (QED) is 0.129. The lowest BCUT2D eigenvalue weighted by Gasteiger charge is -2.21. The number of nitrogen functional groups attached to an aromatic ring is 1. The number of benzene rings is 3. The highest BCUT2D eigenvalue weighted by molar-refractivity contribution is 6.25. The molecule has 3 aromatic carbocycles. The number of para-hydroxylation sites is 1. The van der Waals surface area contributed by atoms with Gasteiger partial charge in [0.25, 0.3) is 12.3 Å². The van der Waals surface area contributed by atoms with Crippen LogP contribution < -0.4 is 30.7 Å². The summed E-state index contributed by atoms with van der Waals surface area (Å²) in [5.74, 6) is -1.19. The molecule has 2 fully saturated rings. The number of aryl methyl sites for hydroxylation is 1. The molecule has 0 bridgehead atoms. The Kier molecular flexibility index (Phi) is 7.55. The fraction of sp³-hybridized carbons (Fsp3) is 0.212. The summed E-state index contributed by atoms with van der Waals surface area (Å²) >= 11 is 0. The van der Waals surface area contributed by atoms with Crippen molar-refractivity contribution in [2.24, 2.45) is 0 Å². The summed E-state index contributed by atoms with van der Waals surface area (Å²) in [6.07, 6.45) is -1.13. The normalized spacial score (nSPS) is 17.6. The van der Waals surface area contributed by atoms with Crippen molar-refractivity contribution in [1.29, 1.82) is 0 Å². The van der Waals surface area contributed by atoms with Crippen LogP contribution in [0.1, 0.15) is 28.0 Å². The van der Waals surface area contributed by atoms with E-state index in [9.17, 15) is 27.6 Å². The topological polar surface area (TPSA) is 157 Å². The predicted molar refractivity (Wildman–Crippen MR) is 169 cm³/mol. The van der Waals surface area contributed by atoms with E-state index in [1.807, 2.05) is 0 Å². The Morgan fingerprint density at radius 2 is 1.90 bits per heavy atom. The molecule has 4 heterocycles. The van der Waals surface area contributed by atoms with E-state index >= 15 is 0 Å². The van der Waals surface area contributed by atoms with Gasteiger partial charge in [0, 0.05) is 17.4 Å². The molecule has 1 unspecified atom stereocenters. The van der Waals surface area contributed by atoms with Crippen LogP contribution in [-0.4, -0.2) is 64.1 Å². The van der Waals surface area contributed by atoms with Gasteiger partial charge in [-0.05, 0) is 74.0 Å². The number of nitrogens with two attached hydrogens (primary N) is 1. The second-order valence-electron chi connectivity index (χ2n) is 11.5. The number of rotatable bonds is 9. The van der Waals surface area contributed by atoms with E-state index in [-0.39, 0.29) is 40.8 Å². The van der Waals surface area contributed by atoms with Crippen molar-refractivity contribution >= 4 is 40.1 Å². The summed E-state index contributed by atoms with van der Waals surface area (Å²) < 4.78 is 52.8. The van der Waals surface area contributed by atoms with Crippen molar-refractivity contribution in [1.82, 2.24) is 25.4 Å². The zero-order valence-corrected chi connectivity index (χ0v) is 25.4. The number of aromatic amines is 1. The number of hydrogen-bond donors (Lipinski definition) is 4. The van der Waals surface area contributed by atoms with Gasteiger partial charge >= 0.3 is 6.03 Å². The Hall–Kier alpha value is -5.83. The van der Waals surface area contributed by atoms with Crippen LogP contribution in [0.25, 0.3) is 16.6 Å². The van der Waals surface area contributed by atoms with Crippen molar-refractivity contribution in [3.63, 3.8) is 0 Å². The number of ether oxygens (including phenoxy) is 2. The highest BCUT2D eigenvalue weighted by Gasteiger charge is 2.53. The van der Waals surface area contributed by atoms with Gasteiger partial charge in [-0.2, -0.15) is 5.10 Å².